The maximum atomic E-state index is 11.6. The van der Waals surface area contributed by atoms with Crippen molar-refractivity contribution < 1.29 is 9.90 Å². The highest BCUT2D eigenvalue weighted by molar-refractivity contribution is 6.33. The number of hydrogen-bond acceptors (Lipinski definition) is 6. The number of carboxylic acid groups (broad SMARTS) is 1. The summed E-state index contributed by atoms with van der Waals surface area (Å²) in [4.78, 5) is 11.6. The molecule has 0 aliphatic rings. The average Bonchev–Trinajstić information content (AvgIpc) is 2.64. The van der Waals surface area contributed by atoms with Gasteiger partial charge < -0.3 is 15.7 Å². The van der Waals surface area contributed by atoms with Crippen LogP contribution in [-0.4, -0.2) is 11.1 Å². The van der Waals surface area contributed by atoms with Crippen LogP contribution in [0.15, 0.2) is 53.7 Å². The van der Waals surface area contributed by atoms with Crippen LogP contribution in [-0.2, 0) is 0 Å². The van der Waals surface area contributed by atoms with E-state index in [2.05, 4.69) is 10.6 Å². The van der Waals surface area contributed by atoms with Crippen molar-refractivity contribution in [1.29, 1.82) is 15.8 Å². The lowest BCUT2D eigenvalue weighted by Crippen LogP contribution is -2.08. The van der Waals surface area contributed by atoms with Gasteiger partial charge in [0.25, 0.3) is 0 Å². The third-order valence-electron chi connectivity index (χ3n) is 3.27. The normalized spacial score (nSPS) is 9.15. The van der Waals surface area contributed by atoms with Gasteiger partial charge in [0.1, 0.15) is 23.9 Å². The van der Waals surface area contributed by atoms with Crippen LogP contribution in [0.4, 0.5) is 17.1 Å². The lowest BCUT2D eigenvalue weighted by Gasteiger charge is -2.16. The summed E-state index contributed by atoms with van der Waals surface area (Å²) in [6.45, 7) is 0. The molecule has 3 N–H and O–H groups in total. The first-order chi connectivity index (χ1) is 12.5. The fourth-order valence-electron chi connectivity index (χ4n) is 2.08. The first kappa shape index (κ1) is 18.4. The second kappa shape index (κ2) is 8.21. The Kier molecular flexibility index (Phi) is 5.79. The maximum absolute atomic E-state index is 11.6. The Labute approximate surface area is 154 Å². The highest BCUT2D eigenvalue weighted by Gasteiger charge is 2.17. The number of allylic oxidation sites excluding steroid dienone is 2. The number of benzene rings is 2. The molecule has 0 atom stereocenters. The summed E-state index contributed by atoms with van der Waals surface area (Å²) in [7, 11) is 0. The number of carboxylic acids is 1. The van der Waals surface area contributed by atoms with Gasteiger partial charge in [0.05, 0.1) is 27.6 Å². The molecule has 0 aliphatic heterocycles. The number of rotatable bonds is 5. The average molecular weight is 364 g/mol. The topological polar surface area (TPSA) is 133 Å². The first-order valence-corrected chi connectivity index (χ1v) is 7.49. The van der Waals surface area contributed by atoms with Crippen LogP contribution in [0, 0.1) is 34.0 Å². The van der Waals surface area contributed by atoms with Crippen LogP contribution in [0.5, 0.6) is 0 Å². The molecule has 0 heterocycles. The number of anilines is 3. The summed E-state index contributed by atoms with van der Waals surface area (Å²) in [5, 5.41) is 42.4. The smallest absolute Gasteiger partial charge is 0.337 e. The Bertz CT molecular complexity index is 1010. The third-order valence-corrected chi connectivity index (χ3v) is 3.60. The fourth-order valence-corrected chi connectivity index (χ4v) is 2.27. The van der Waals surface area contributed by atoms with Gasteiger partial charge >= 0.3 is 5.97 Å². The molecule has 2 aromatic carbocycles. The van der Waals surface area contributed by atoms with Crippen LogP contribution in [0.3, 0.4) is 0 Å². The van der Waals surface area contributed by atoms with Crippen LogP contribution < -0.4 is 10.6 Å². The molecule has 0 spiro atoms. The minimum atomic E-state index is -1.20. The monoisotopic (exact) mass is 363 g/mol. The molecule has 8 heteroatoms. The molecule has 7 nitrogen and oxygen atoms in total. The van der Waals surface area contributed by atoms with E-state index in [1.165, 1.54) is 18.2 Å². The Balaban J connectivity index is 2.60. The molecule has 0 aromatic heterocycles. The van der Waals surface area contributed by atoms with E-state index in [0.29, 0.717) is 10.7 Å². The molecule has 0 fully saturated rings. The molecule has 0 aliphatic carbocycles. The van der Waals surface area contributed by atoms with Crippen LogP contribution in [0.2, 0.25) is 5.02 Å². The summed E-state index contributed by atoms with van der Waals surface area (Å²) in [6.07, 6.45) is 0. The molecule has 126 valence electrons. The van der Waals surface area contributed by atoms with E-state index in [1.54, 1.807) is 42.5 Å². The fraction of sp³-hybridized carbons (Fsp3) is 0. The first-order valence-electron chi connectivity index (χ1n) is 7.11. The van der Waals surface area contributed by atoms with Crippen molar-refractivity contribution in [2.75, 3.05) is 10.6 Å². The maximum Gasteiger partial charge on any atom is 0.337 e. The highest BCUT2D eigenvalue weighted by atomic mass is 35.5. The van der Waals surface area contributed by atoms with Gasteiger partial charge in [-0.05, 0) is 24.3 Å². The summed E-state index contributed by atoms with van der Waals surface area (Å²) >= 11 is 6.11. The molecule has 2 aromatic rings. The number of hydrogen-bond donors (Lipinski definition) is 3. The van der Waals surface area contributed by atoms with Crippen molar-refractivity contribution in [2.24, 2.45) is 0 Å². The lowest BCUT2D eigenvalue weighted by molar-refractivity contribution is 0.0698. The van der Waals surface area contributed by atoms with E-state index in [1.807, 2.05) is 0 Å². The number of nitrogens with one attached hydrogen (secondary N) is 2. The van der Waals surface area contributed by atoms with E-state index >= 15 is 0 Å². The Morgan fingerprint density at radius 1 is 0.962 bits per heavy atom. The van der Waals surface area contributed by atoms with E-state index < -0.39 is 11.5 Å². The minimum Gasteiger partial charge on any atom is -0.478 e. The summed E-state index contributed by atoms with van der Waals surface area (Å²) in [5.74, 6) is -1.20. The second-order valence-electron chi connectivity index (χ2n) is 4.85. The van der Waals surface area contributed by atoms with Crippen LogP contribution >= 0.6 is 11.6 Å². The predicted molar refractivity (Wildman–Crippen MR) is 95.6 cm³/mol. The van der Waals surface area contributed by atoms with Crippen molar-refractivity contribution in [3.63, 3.8) is 0 Å². The largest absolute Gasteiger partial charge is 0.478 e. The number of para-hydroxylation sites is 2. The SMILES string of the molecule is N#CC(C#N)=C(C#N)Nc1cccc(C(=O)O)c1Nc1ccccc1Cl. The molecule has 0 unspecified atom stereocenters. The van der Waals surface area contributed by atoms with E-state index in [-0.39, 0.29) is 22.6 Å². The van der Waals surface area contributed by atoms with E-state index in [4.69, 9.17) is 22.1 Å². The zero-order valence-electron chi connectivity index (χ0n) is 13.1. The zero-order chi connectivity index (χ0) is 19.1. The third kappa shape index (κ3) is 3.91. The molecule has 0 bridgehead atoms. The van der Waals surface area contributed by atoms with Crippen molar-refractivity contribution in [3.05, 3.63) is 64.3 Å². The minimum absolute atomic E-state index is 0.0809. The van der Waals surface area contributed by atoms with Crippen molar-refractivity contribution in [2.45, 2.75) is 0 Å². The van der Waals surface area contributed by atoms with Crippen molar-refractivity contribution in [3.8, 4) is 18.2 Å². The Hall–Kier alpha value is -3.99. The Morgan fingerprint density at radius 3 is 2.19 bits per heavy atom. The van der Waals surface area contributed by atoms with Crippen LogP contribution in [0.1, 0.15) is 10.4 Å². The standard InChI is InChI=1S/C18H10ClN5O2/c19-13-5-1-2-6-14(13)24-17-12(18(25)26)4-3-7-15(17)23-16(10-22)11(8-20)9-21/h1-7,23-24H,(H,25,26). The number of carbonyl (C=O) groups is 1. The van der Waals surface area contributed by atoms with Gasteiger partial charge in [-0.3, -0.25) is 0 Å². The lowest BCUT2D eigenvalue weighted by atomic mass is 10.1. The van der Waals surface area contributed by atoms with Gasteiger partial charge in [-0.1, -0.05) is 29.8 Å². The number of nitrogens with zero attached hydrogens (tertiary/aromatic N) is 3. The number of aromatic carboxylic acids is 1. The van der Waals surface area contributed by atoms with Gasteiger partial charge in [0, 0.05) is 0 Å². The van der Waals surface area contributed by atoms with E-state index in [9.17, 15) is 15.2 Å². The molecule has 26 heavy (non-hydrogen) atoms. The predicted octanol–water partition coefficient (Wildman–Crippen LogP) is 4.02. The molecule has 0 radical (unpaired) electrons. The second-order valence-corrected chi connectivity index (χ2v) is 5.26. The molecule has 0 amide bonds. The van der Waals surface area contributed by atoms with Crippen molar-refractivity contribution in [1.82, 2.24) is 0 Å². The number of nitriles is 3. The van der Waals surface area contributed by atoms with Gasteiger partial charge in [-0.25, -0.2) is 4.79 Å². The molecule has 0 saturated carbocycles. The molecule has 2 rings (SSSR count). The van der Waals surface area contributed by atoms with Gasteiger partial charge in [0.2, 0.25) is 0 Å². The van der Waals surface area contributed by atoms with Gasteiger partial charge in [0.15, 0.2) is 5.57 Å². The summed E-state index contributed by atoms with van der Waals surface area (Å²) in [6, 6.07) is 16.0. The van der Waals surface area contributed by atoms with Gasteiger partial charge in [-0.2, -0.15) is 15.8 Å². The number of halogens is 1. The molecular weight excluding hydrogens is 354 g/mol. The summed E-state index contributed by atoms with van der Waals surface area (Å²) in [5.41, 5.74) is -0.00557. The summed E-state index contributed by atoms with van der Waals surface area (Å²) < 4.78 is 0. The quantitative estimate of drug-likeness (QED) is 0.683. The van der Waals surface area contributed by atoms with Crippen LogP contribution in [0.25, 0.3) is 0 Å². The molecule has 0 saturated heterocycles. The Morgan fingerprint density at radius 2 is 1.62 bits per heavy atom. The molecular formula is C18H10ClN5O2. The zero-order valence-corrected chi connectivity index (χ0v) is 13.9. The van der Waals surface area contributed by atoms with E-state index in [0.717, 1.165) is 0 Å². The van der Waals surface area contributed by atoms with Gasteiger partial charge in [-0.15, -0.1) is 0 Å². The highest BCUT2D eigenvalue weighted by Crippen LogP contribution is 2.33. The van der Waals surface area contributed by atoms with Crippen molar-refractivity contribution >= 4 is 34.6 Å².